The Labute approximate surface area is 157 Å². The average Bonchev–Trinajstić information content (AvgIpc) is 2.60. The van der Waals surface area contributed by atoms with E-state index >= 15 is 0 Å². The molecule has 1 amide bonds. The van der Waals surface area contributed by atoms with Crippen LogP contribution in [0.2, 0.25) is 0 Å². The molecular weight excluding hydrogens is 352 g/mol. The van der Waals surface area contributed by atoms with Gasteiger partial charge in [0, 0.05) is 19.6 Å². The van der Waals surface area contributed by atoms with Crippen molar-refractivity contribution in [2.24, 2.45) is 5.92 Å². The lowest BCUT2D eigenvalue weighted by atomic mass is 9.96. The standard InChI is InChI=1S/C19H30N2O4S/c1-15(2)14-17-4-6-18(7-5-17)16(3)19(22)20-26(23,24)13-10-21-8-11-25-12-9-21/h4-7,15-16H,8-14H2,1-3H3,(H,20,22)/t16-/m1/s1. The van der Waals surface area contributed by atoms with Crippen molar-refractivity contribution in [3.63, 3.8) is 0 Å². The van der Waals surface area contributed by atoms with Crippen LogP contribution >= 0.6 is 0 Å². The molecule has 1 N–H and O–H groups in total. The molecule has 1 fully saturated rings. The van der Waals surface area contributed by atoms with Crippen LogP contribution in [0, 0.1) is 5.92 Å². The number of sulfonamides is 1. The molecule has 0 aromatic heterocycles. The first kappa shape index (κ1) is 20.9. The molecule has 0 radical (unpaired) electrons. The van der Waals surface area contributed by atoms with E-state index in [0.717, 1.165) is 25.1 Å². The van der Waals surface area contributed by atoms with Gasteiger partial charge in [-0.25, -0.2) is 8.42 Å². The molecule has 2 rings (SSSR count). The van der Waals surface area contributed by atoms with Crippen LogP contribution in [-0.2, 0) is 26.0 Å². The lowest BCUT2D eigenvalue weighted by Gasteiger charge is -2.26. The molecule has 26 heavy (non-hydrogen) atoms. The summed E-state index contributed by atoms with van der Waals surface area (Å²) in [5.41, 5.74) is 2.04. The summed E-state index contributed by atoms with van der Waals surface area (Å²) < 4.78 is 31.9. The third kappa shape index (κ3) is 6.70. The summed E-state index contributed by atoms with van der Waals surface area (Å²) in [4.78, 5) is 14.4. The Hall–Kier alpha value is -1.44. The van der Waals surface area contributed by atoms with E-state index in [2.05, 4.69) is 18.6 Å². The van der Waals surface area contributed by atoms with Crippen LogP contribution < -0.4 is 4.72 Å². The van der Waals surface area contributed by atoms with Crippen LogP contribution in [0.25, 0.3) is 0 Å². The number of hydrogen-bond donors (Lipinski definition) is 1. The highest BCUT2D eigenvalue weighted by atomic mass is 32.2. The Morgan fingerprint density at radius 3 is 2.35 bits per heavy atom. The van der Waals surface area contributed by atoms with Crippen molar-refractivity contribution in [1.29, 1.82) is 0 Å². The SMILES string of the molecule is CC(C)Cc1ccc([C@@H](C)C(=O)NS(=O)(=O)CCN2CCOCC2)cc1. The van der Waals surface area contributed by atoms with Gasteiger partial charge < -0.3 is 4.74 Å². The van der Waals surface area contributed by atoms with Gasteiger partial charge in [-0.2, -0.15) is 0 Å². The van der Waals surface area contributed by atoms with Crippen molar-refractivity contribution in [1.82, 2.24) is 9.62 Å². The van der Waals surface area contributed by atoms with Gasteiger partial charge in [-0.1, -0.05) is 38.1 Å². The fourth-order valence-electron chi connectivity index (χ4n) is 2.93. The van der Waals surface area contributed by atoms with Gasteiger partial charge in [0.1, 0.15) is 0 Å². The monoisotopic (exact) mass is 382 g/mol. The summed E-state index contributed by atoms with van der Waals surface area (Å²) in [5.74, 6) is -0.512. The van der Waals surface area contributed by atoms with E-state index < -0.39 is 21.8 Å². The molecule has 1 aromatic carbocycles. The van der Waals surface area contributed by atoms with Gasteiger partial charge in [0.25, 0.3) is 0 Å². The number of carbonyl (C=O) groups excluding carboxylic acids is 1. The van der Waals surface area contributed by atoms with Crippen LogP contribution in [0.1, 0.15) is 37.8 Å². The molecule has 1 heterocycles. The fourth-order valence-corrected chi connectivity index (χ4v) is 4.02. The Morgan fingerprint density at radius 1 is 1.15 bits per heavy atom. The van der Waals surface area contributed by atoms with E-state index in [1.807, 2.05) is 29.2 Å². The van der Waals surface area contributed by atoms with Crippen molar-refractivity contribution in [3.05, 3.63) is 35.4 Å². The summed E-state index contributed by atoms with van der Waals surface area (Å²) in [5, 5.41) is 0. The van der Waals surface area contributed by atoms with Crippen LogP contribution in [0.5, 0.6) is 0 Å². The molecule has 0 saturated carbocycles. The topological polar surface area (TPSA) is 75.7 Å². The van der Waals surface area contributed by atoms with Crippen LogP contribution in [0.3, 0.4) is 0 Å². The largest absolute Gasteiger partial charge is 0.379 e. The number of carbonyl (C=O) groups is 1. The maximum absolute atomic E-state index is 12.3. The molecular formula is C19H30N2O4S. The van der Waals surface area contributed by atoms with Gasteiger partial charge in [0.05, 0.1) is 24.9 Å². The number of rotatable bonds is 8. The minimum Gasteiger partial charge on any atom is -0.379 e. The Morgan fingerprint density at radius 2 is 1.77 bits per heavy atom. The van der Waals surface area contributed by atoms with Crippen LogP contribution in [-0.4, -0.2) is 57.8 Å². The van der Waals surface area contributed by atoms with E-state index in [1.54, 1.807) is 6.92 Å². The zero-order chi connectivity index (χ0) is 19.2. The predicted octanol–water partition coefficient (Wildman–Crippen LogP) is 1.77. The summed E-state index contributed by atoms with van der Waals surface area (Å²) in [6.07, 6.45) is 0.983. The summed E-state index contributed by atoms with van der Waals surface area (Å²) in [6.45, 7) is 9.14. The van der Waals surface area contributed by atoms with Gasteiger partial charge in [-0.15, -0.1) is 0 Å². The average molecular weight is 383 g/mol. The first-order valence-corrected chi connectivity index (χ1v) is 10.9. The minimum atomic E-state index is -3.64. The second-order valence-electron chi connectivity index (χ2n) is 7.30. The van der Waals surface area contributed by atoms with E-state index in [9.17, 15) is 13.2 Å². The number of ether oxygens (including phenoxy) is 1. The number of amides is 1. The lowest BCUT2D eigenvalue weighted by Crippen LogP contribution is -2.42. The fraction of sp³-hybridized carbons (Fsp3) is 0.632. The molecule has 1 aromatic rings. The molecule has 1 aliphatic rings. The summed E-state index contributed by atoms with van der Waals surface area (Å²) >= 11 is 0. The van der Waals surface area contributed by atoms with Gasteiger partial charge in [-0.3, -0.25) is 14.4 Å². The maximum atomic E-state index is 12.3. The molecule has 146 valence electrons. The van der Waals surface area contributed by atoms with E-state index in [0.29, 0.717) is 25.7 Å². The first-order valence-electron chi connectivity index (χ1n) is 9.20. The molecule has 6 nitrogen and oxygen atoms in total. The zero-order valence-corrected chi connectivity index (χ0v) is 16.7. The minimum absolute atomic E-state index is 0.0845. The quantitative estimate of drug-likeness (QED) is 0.742. The van der Waals surface area contributed by atoms with E-state index in [1.165, 1.54) is 5.56 Å². The molecule has 1 aliphatic heterocycles. The second-order valence-corrected chi connectivity index (χ2v) is 9.14. The highest BCUT2D eigenvalue weighted by molar-refractivity contribution is 7.90. The van der Waals surface area contributed by atoms with Crippen molar-refractivity contribution < 1.29 is 17.9 Å². The normalized spacial score (nSPS) is 17.2. The molecule has 0 unspecified atom stereocenters. The summed E-state index contributed by atoms with van der Waals surface area (Å²) in [7, 11) is -3.64. The Kier molecular flexibility index (Phi) is 7.61. The van der Waals surface area contributed by atoms with Crippen molar-refractivity contribution in [2.75, 3.05) is 38.6 Å². The number of hydrogen-bond acceptors (Lipinski definition) is 5. The third-order valence-electron chi connectivity index (χ3n) is 4.55. The highest BCUT2D eigenvalue weighted by Crippen LogP contribution is 2.18. The third-order valence-corrected chi connectivity index (χ3v) is 5.79. The van der Waals surface area contributed by atoms with Gasteiger partial charge in [-0.05, 0) is 30.4 Å². The van der Waals surface area contributed by atoms with E-state index in [4.69, 9.17) is 4.74 Å². The summed E-state index contributed by atoms with van der Waals surface area (Å²) in [6, 6.07) is 7.82. The smallest absolute Gasteiger partial charge is 0.240 e. The Bertz CT molecular complexity index is 680. The van der Waals surface area contributed by atoms with E-state index in [-0.39, 0.29) is 5.75 Å². The number of morpholine rings is 1. The molecule has 0 aliphatic carbocycles. The maximum Gasteiger partial charge on any atom is 0.240 e. The zero-order valence-electron chi connectivity index (χ0n) is 15.9. The molecule has 1 atom stereocenters. The highest BCUT2D eigenvalue weighted by Gasteiger charge is 2.22. The first-order chi connectivity index (χ1) is 12.3. The molecule has 1 saturated heterocycles. The second kappa shape index (κ2) is 9.48. The predicted molar refractivity (Wildman–Crippen MR) is 103 cm³/mol. The number of nitrogens with one attached hydrogen (secondary N) is 1. The number of nitrogens with zero attached hydrogens (tertiary/aromatic N) is 1. The van der Waals surface area contributed by atoms with Crippen molar-refractivity contribution in [2.45, 2.75) is 33.1 Å². The van der Waals surface area contributed by atoms with Crippen molar-refractivity contribution >= 4 is 15.9 Å². The molecule has 7 heteroatoms. The van der Waals surface area contributed by atoms with Crippen molar-refractivity contribution in [3.8, 4) is 0 Å². The Balaban J connectivity index is 1.88. The molecule has 0 bridgehead atoms. The van der Waals surface area contributed by atoms with Gasteiger partial charge >= 0.3 is 0 Å². The van der Waals surface area contributed by atoms with Crippen LogP contribution in [0.4, 0.5) is 0 Å². The lowest BCUT2D eigenvalue weighted by molar-refractivity contribution is -0.120. The van der Waals surface area contributed by atoms with Gasteiger partial charge in [0.15, 0.2) is 0 Å². The van der Waals surface area contributed by atoms with Crippen LogP contribution in [0.15, 0.2) is 24.3 Å². The number of benzene rings is 1. The molecule has 0 spiro atoms. The van der Waals surface area contributed by atoms with Gasteiger partial charge in [0.2, 0.25) is 15.9 Å².